The highest BCUT2D eigenvalue weighted by atomic mass is 35.5. The van der Waals surface area contributed by atoms with Crippen molar-refractivity contribution in [1.29, 1.82) is 0 Å². The van der Waals surface area contributed by atoms with Gasteiger partial charge in [0.1, 0.15) is 11.9 Å². The molecule has 1 aromatic carbocycles. The van der Waals surface area contributed by atoms with E-state index in [1.807, 2.05) is 6.92 Å². The Morgan fingerprint density at radius 3 is 3.00 bits per heavy atom. The Morgan fingerprint density at radius 2 is 2.33 bits per heavy atom. The Balaban J connectivity index is 1.95. The Kier molecular flexibility index (Phi) is 5.14. The predicted molar refractivity (Wildman–Crippen MR) is 76.7 cm³/mol. The van der Waals surface area contributed by atoms with Crippen molar-refractivity contribution in [2.24, 2.45) is 0 Å². The largest absolute Gasteiger partial charge is 0.366 e. The third kappa shape index (κ3) is 3.92. The third-order valence-electron chi connectivity index (χ3n) is 3.22. The van der Waals surface area contributed by atoms with Crippen molar-refractivity contribution in [2.75, 3.05) is 25.0 Å². The molecular formula is C14H16ClFN2O3. The lowest BCUT2D eigenvalue weighted by Crippen LogP contribution is -2.48. The summed E-state index contributed by atoms with van der Waals surface area (Å²) in [4.78, 5) is 25.6. The minimum atomic E-state index is -0.769. The Hall–Kier alpha value is -1.66. The molecule has 1 aromatic rings. The molecule has 0 saturated carbocycles. The van der Waals surface area contributed by atoms with Gasteiger partial charge in [-0.2, -0.15) is 0 Å². The summed E-state index contributed by atoms with van der Waals surface area (Å²) in [7, 11) is 0. The maximum Gasteiger partial charge on any atom is 0.252 e. The Bertz CT molecular complexity index is 553. The van der Waals surface area contributed by atoms with E-state index in [-0.39, 0.29) is 23.3 Å². The molecule has 1 atom stereocenters. The van der Waals surface area contributed by atoms with Crippen LogP contribution in [0.3, 0.4) is 0 Å². The molecule has 1 aliphatic heterocycles. The van der Waals surface area contributed by atoms with E-state index in [9.17, 15) is 14.0 Å². The van der Waals surface area contributed by atoms with Crippen molar-refractivity contribution in [1.82, 2.24) is 4.90 Å². The lowest BCUT2D eigenvalue weighted by atomic mass is 10.1. The minimum absolute atomic E-state index is 0.0741. The number of morpholine rings is 1. The second-order valence-corrected chi connectivity index (χ2v) is 5.07. The Morgan fingerprint density at radius 1 is 1.57 bits per heavy atom. The molecule has 0 aliphatic carbocycles. The van der Waals surface area contributed by atoms with E-state index in [0.717, 1.165) is 0 Å². The van der Waals surface area contributed by atoms with Gasteiger partial charge in [0.25, 0.3) is 5.91 Å². The monoisotopic (exact) mass is 314 g/mol. The molecule has 1 heterocycles. The van der Waals surface area contributed by atoms with Gasteiger partial charge in [-0.1, -0.05) is 11.6 Å². The van der Waals surface area contributed by atoms with Crippen LogP contribution in [-0.4, -0.2) is 42.5 Å². The van der Waals surface area contributed by atoms with Crippen molar-refractivity contribution >= 4 is 29.1 Å². The average molecular weight is 315 g/mol. The molecule has 21 heavy (non-hydrogen) atoms. The number of rotatable bonds is 4. The SMILES string of the molecule is CCN1CCO[C@@H](CC(=O)Nc2ccc(F)c(Cl)c2)C1=O. The highest BCUT2D eigenvalue weighted by Gasteiger charge is 2.30. The summed E-state index contributed by atoms with van der Waals surface area (Å²) in [5.41, 5.74) is 0.377. The summed E-state index contributed by atoms with van der Waals surface area (Å²) in [6.45, 7) is 3.43. The van der Waals surface area contributed by atoms with E-state index in [1.165, 1.54) is 18.2 Å². The number of amides is 2. The van der Waals surface area contributed by atoms with Crippen LogP contribution < -0.4 is 5.32 Å². The zero-order valence-corrected chi connectivity index (χ0v) is 12.3. The van der Waals surface area contributed by atoms with E-state index in [2.05, 4.69) is 5.32 Å². The van der Waals surface area contributed by atoms with Crippen molar-refractivity contribution in [3.8, 4) is 0 Å². The summed E-state index contributed by atoms with van der Waals surface area (Å²) in [5.74, 6) is -1.12. The van der Waals surface area contributed by atoms with E-state index in [4.69, 9.17) is 16.3 Å². The van der Waals surface area contributed by atoms with Crippen molar-refractivity contribution in [3.05, 3.63) is 29.0 Å². The molecule has 114 valence electrons. The van der Waals surface area contributed by atoms with Gasteiger partial charge < -0.3 is 15.0 Å². The molecule has 0 unspecified atom stereocenters. The lowest BCUT2D eigenvalue weighted by molar-refractivity contribution is -0.154. The van der Waals surface area contributed by atoms with Crippen LogP contribution in [0, 0.1) is 5.82 Å². The highest BCUT2D eigenvalue weighted by Crippen LogP contribution is 2.20. The quantitative estimate of drug-likeness (QED) is 0.925. The first-order chi connectivity index (χ1) is 10.0. The standard InChI is InChI=1S/C14H16ClFN2O3/c1-2-18-5-6-21-12(14(18)20)8-13(19)17-9-3-4-11(16)10(15)7-9/h3-4,7,12H,2,5-6,8H2,1H3,(H,17,19)/t12-/m0/s1. The summed E-state index contributed by atoms with van der Waals surface area (Å²) >= 11 is 5.64. The first-order valence-electron chi connectivity index (χ1n) is 6.66. The molecule has 0 spiro atoms. The van der Waals surface area contributed by atoms with Gasteiger partial charge in [0.05, 0.1) is 18.1 Å². The van der Waals surface area contributed by atoms with Crippen molar-refractivity contribution in [3.63, 3.8) is 0 Å². The van der Waals surface area contributed by atoms with Gasteiger partial charge in [-0.05, 0) is 25.1 Å². The van der Waals surface area contributed by atoms with Gasteiger partial charge in [0.15, 0.2) is 0 Å². The molecule has 7 heteroatoms. The van der Waals surface area contributed by atoms with Gasteiger partial charge in [-0.25, -0.2) is 4.39 Å². The molecule has 1 aliphatic rings. The van der Waals surface area contributed by atoms with E-state index < -0.39 is 11.9 Å². The van der Waals surface area contributed by atoms with Crippen molar-refractivity contribution in [2.45, 2.75) is 19.4 Å². The zero-order chi connectivity index (χ0) is 15.4. The van der Waals surface area contributed by atoms with Crippen molar-refractivity contribution < 1.29 is 18.7 Å². The third-order valence-corrected chi connectivity index (χ3v) is 3.51. The summed E-state index contributed by atoms with van der Waals surface area (Å²) < 4.78 is 18.4. The molecule has 1 saturated heterocycles. The van der Waals surface area contributed by atoms with Gasteiger partial charge >= 0.3 is 0 Å². The number of nitrogens with zero attached hydrogens (tertiary/aromatic N) is 1. The fourth-order valence-electron chi connectivity index (χ4n) is 2.10. The van der Waals surface area contributed by atoms with Crippen LogP contribution in [0.25, 0.3) is 0 Å². The molecule has 2 amide bonds. The van der Waals surface area contributed by atoms with E-state index in [1.54, 1.807) is 4.90 Å². The minimum Gasteiger partial charge on any atom is -0.366 e. The second-order valence-electron chi connectivity index (χ2n) is 4.66. The maximum atomic E-state index is 13.0. The molecule has 1 N–H and O–H groups in total. The normalized spacial score (nSPS) is 18.7. The Labute approximate surface area is 127 Å². The van der Waals surface area contributed by atoms with Crippen LogP contribution in [0.15, 0.2) is 18.2 Å². The molecule has 2 rings (SSSR count). The fourth-order valence-corrected chi connectivity index (χ4v) is 2.29. The number of likely N-dealkylation sites (N-methyl/N-ethyl adjacent to an activating group) is 1. The second kappa shape index (κ2) is 6.87. The first kappa shape index (κ1) is 15.7. The molecule has 0 radical (unpaired) electrons. The number of anilines is 1. The molecule has 5 nitrogen and oxygen atoms in total. The van der Waals surface area contributed by atoms with Gasteiger partial charge in [-0.3, -0.25) is 9.59 Å². The zero-order valence-electron chi connectivity index (χ0n) is 11.6. The predicted octanol–water partition coefficient (Wildman–Crippen LogP) is 2.05. The van der Waals surface area contributed by atoms with Crippen LogP contribution in [0.2, 0.25) is 5.02 Å². The van der Waals surface area contributed by atoms with Gasteiger partial charge in [-0.15, -0.1) is 0 Å². The van der Waals surface area contributed by atoms with Crippen LogP contribution in [0.1, 0.15) is 13.3 Å². The fraction of sp³-hybridized carbons (Fsp3) is 0.429. The summed E-state index contributed by atoms with van der Waals surface area (Å²) in [5, 5.41) is 2.50. The van der Waals surface area contributed by atoms with Gasteiger partial charge in [0, 0.05) is 18.8 Å². The smallest absolute Gasteiger partial charge is 0.252 e. The number of carbonyl (C=O) groups excluding carboxylic acids is 2. The van der Waals surface area contributed by atoms with Crippen LogP contribution in [0.4, 0.5) is 10.1 Å². The number of carbonyl (C=O) groups is 2. The summed E-state index contributed by atoms with van der Waals surface area (Å²) in [6.07, 6.45) is -0.848. The van der Waals surface area contributed by atoms with Crippen LogP contribution >= 0.6 is 11.6 Å². The van der Waals surface area contributed by atoms with Crippen LogP contribution in [0.5, 0.6) is 0 Å². The lowest BCUT2D eigenvalue weighted by Gasteiger charge is -2.31. The first-order valence-corrected chi connectivity index (χ1v) is 7.04. The number of ether oxygens (including phenoxy) is 1. The van der Waals surface area contributed by atoms with E-state index in [0.29, 0.717) is 25.4 Å². The molecule has 1 fully saturated rings. The highest BCUT2D eigenvalue weighted by molar-refractivity contribution is 6.31. The van der Waals surface area contributed by atoms with Gasteiger partial charge in [0.2, 0.25) is 5.91 Å². The maximum absolute atomic E-state index is 13.0. The molecule has 0 aromatic heterocycles. The number of hydrogen-bond acceptors (Lipinski definition) is 3. The average Bonchev–Trinajstić information content (AvgIpc) is 2.45. The number of halogens is 2. The number of nitrogens with one attached hydrogen (secondary N) is 1. The van der Waals surface area contributed by atoms with Crippen LogP contribution in [-0.2, 0) is 14.3 Å². The topological polar surface area (TPSA) is 58.6 Å². The van der Waals surface area contributed by atoms with E-state index >= 15 is 0 Å². The molecular weight excluding hydrogens is 299 g/mol. The number of benzene rings is 1. The molecule has 0 bridgehead atoms. The summed E-state index contributed by atoms with van der Waals surface area (Å²) in [6, 6.07) is 3.89. The number of hydrogen-bond donors (Lipinski definition) is 1.